The van der Waals surface area contributed by atoms with E-state index in [-0.39, 0.29) is 0 Å². The molecule has 0 radical (unpaired) electrons. The van der Waals surface area contributed by atoms with Crippen LogP contribution in [0.3, 0.4) is 0 Å². The molecule has 1 heterocycles. The first kappa shape index (κ1) is 17.8. The molecule has 2 aromatic carbocycles. The number of nitrogens with zero attached hydrogens (tertiary/aromatic N) is 4. The summed E-state index contributed by atoms with van der Waals surface area (Å²) in [5, 5.41) is 8.80. The van der Waals surface area contributed by atoms with Crippen LogP contribution < -0.4 is 4.90 Å². The van der Waals surface area contributed by atoms with Crippen LogP contribution in [0, 0.1) is 6.92 Å². The number of hydrogen-bond acceptors (Lipinski definition) is 4. The molecule has 0 saturated carbocycles. The maximum absolute atomic E-state index is 4.42. The second-order valence-corrected chi connectivity index (χ2v) is 6.10. The Morgan fingerprint density at radius 1 is 0.885 bits per heavy atom. The van der Waals surface area contributed by atoms with Gasteiger partial charge in [-0.1, -0.05) is 18.2 Å². The molecular formula is C22H24N4. The normalized spacial score (nSPS) is 11.0. The van der Waals surface area contributed by atoms with E-state index in [2.05, 4.69) is 53.0 Å². The number of benzene rings is 2. The van der Waals surface area contributed by atoms with Gasteiger partial charge >= 0.3 is 0 Å². The molecule has 0 bridgehead atoms. The molecule has 132 valence electrons. The Morgan fingerprint density at radius 3 is 2.27 bits per heavy atom. The Morgan fingerprint density at radius 2 is 1.65 bits per heavy atom. The van der Waals surface area contributed by atoms with Gasteiger partial charge in [-0.05, 0) is 68.8 Å². The quantitative estimate of drug-likeness (QED) is 0.491. The van der Waals surface area contributed by atoms with Crippen molar-refractivity contribution in [2.75, 3.05) is 18.0 Å². The highest BCUT2D eigenvalue weighted by Crippen LogP contribution is 2.27. The van der Waals surface area contributed by atoms with Gasteiger partial charge in [-0.15, -0.1) is 0 Å². The molecule has 1 aromatic heterocycles. The van der Waals surface area contributed by atoms with Crippen molar-refractivity contribution in [3.63, 3.8) is 0 Å². The summed E-state index contributed by atoms with van der Waals surface area (Å²) in [7, 11) is 0. The average molecular weight is 344 g/mol. The van der Waals surface area contributed by atoms with Crippen molar-refractivity contribution in [3.05, 3.63) is 72.4 Å². The van der Waals surface area contributed by atoms with Crippen molar-refractivity contribution in [2.45, 2.75) is 20.8 Å². The largest absolute Gasteiger partial charge is 0.372 e. The fourth-order valence-corrected chi connectivity index (χ4v) is 2.88. The Balaban J connectivity index is 1.75. The summed E-state index contributed by atoms with van der Waals surface area (Å²) in [6.45, 7) is 8.41. The van der Waals surface area contributed by atoms with Crippen LogP contribution in [0.4, 0.5) is 17.1 Å². The Labute approximate surface area is 155 Å². The van der Waals surface area contributed by atoms with Gasteiger partial charge in [0.2, 0.25) is 0 Å². The lowest BCUT2D eigenvalue weighted by Crippen LogP contribution is -2.21. The first-order valence-corrected chi connectivity index (χ1v) is 9.00. The molecule has 0 N–H and O–H groups in total. The predicted octanol–water partition coefficient (Wildman–Crippen LogP) is 6.32. The number of rotatable bonds is 6. The summed E-state index contributed by atoms with van der Waals surface area (Å²) in [4.78, 5) is 6.69. The number of aromatic nitrogens is 1. The summed E-state index contributed by atoms with van der Waals surface area (Å²) < 4.78 is 0. The molecule has 4 nitrogen and oxygen atoms in total. The molecule has 0 amide bonds. The third-order valence-corrected chi connectivity index (χ3v) is 4.41. The van der Waals surface area contributed by atoms with E-state index in [1.165, 1.54) is 5.69 Å². The fraction of sp³-hybridized carbons (Fsp3) is 0.227. The third-order valence-electron chi connectivity index (χ3n) is 4.41. The van der Waals surface area contributed by atoms with Crippen molar-refractivity contribution in [2.24, 2.45) is 10.2 Å². The molecule has 0 aliphatic heterocycles. The van der Waals surface area contributed by atoms with E-state index in [1.807, 2.05) is 48.5 Å². The van der Waals surface area contributed by atoms with Crippen LogP contribution in [0.1, 0.15) is 19.4 Å². The van der Waals surface area contributed by atoms with Crippen molar-refractivity contribution >= 4 is 17.1 Å². The minimum atomic E-state index is 0.830. The van der Waals surface area contributed by atoms with Crippen molar-refractivity contribution in [3.8, 4) is 11.3 Å². The fourth-order valence-electron chi connectivity index (χ4n) is 2.88. The lowest BCUT2D eigenvalue weighted by molar-refractivity contribution is 0.865. The van der Waals surface area contributed by atoms with Gasteiger partial charge in [0.15, 0.2) is 0 Å². The number of aryl methyl sites for hydroxylation is 1. The number of hydrogen-bond donors (Lipinski definition) is 0. The monoisotopic (exact) mass is 344 g/mol. The van der Waals surface area contributed by atoms with Crippen molar-refractivity contribution < 1.29 is 0 Å². The van der Waals surface area contributed by atoms with Crippen LogP contribution in [0.25, 0.3) is 11.3 Å². The number of azo groups is 1. The standard InChI is InChI=1S/C22H24N4/c1-4-26(5-2)20-13-14-21(17(3)16-20)25-24-19-11-9-18(10-12-19)22-8-6-7-15-23-22/h6-16H,4-5H2,1-3H3. The molecule has 26 heavy (non-hydrogen) atoms. The molecular weight excluding hydrogens is 320 g/mol. The first-order chi connectivity index (χ1) is 12.7. The van der Waals surface area contributed by atoms with Gasteiger partial charge in [-0.2, -0.15) is 10.2 Å². The topological polar surface area (TPSA) is 40.9 Å². The summed E-state index contributed by atoms with van der Waals surface area (Å²) in [6.07, 6.45) is 1.80. The molecule has 0 aliphatic carbocycles. The van der Waals surface area contributed by atoms with Crippen LogP contribution in [-0.4, -0.2) is 18.1 Å². The minimum absolute atomic E-state index is 0.830. The van der Waals surface area contributed by atoms with E-state index in [9.17, 15) is 0 Å². The predicted molar refractivity (Wildman–Crippen MR) is 109 cm³/mol. The molecule has 0 aliphatic rings. The van der Waals surface area contributed by atoms with E-state index in [0.29, 0.717) is 0 Å². The smallest absolute Gasteiger partial charge is 0.0887 e. The summed E-state index contributed by atoms with van der Waals surface area (Å²) >= 11 is 0. The summed E-state index contributed by atoms with van der Waals surface area (Å²) in [5.74, 6) is 0. The molecule has 0 saturated heterocycles. The van der Waals surface area contributed by atoms with Crippen molar-refractivity contribution in [1.29, 1.82) is 0 Å². The van der Waals surface area contributed by atoms with Gasteiger partial charge in [-0.25, -0.2) is 0 Å². The molecule has 0 unspecified atom stereocenters. The van der Waals surface area contributed by atoms with Gasteiger partial charge in [0.1, 0.15) is 0 Å². The highest BCUT2D eigenvalue weighted by molar-refractivity contribution is 5.61. The lowest BCUT2D eigenvalue weighted by atomic mass is 10.1. The zero-order chi connectivity index (χ0) is 18.4. The Hall–Kier alpha value is -3.01. The molecule has 3 aromatic rings. The third kappa shape index (κ3) is 4.14. The van der Waals surface area contributed by atoms with Crippen LogP contribution in [-0.2, 0) is 0 Å². The van der Waals surface area contributed by atoms with Crippen LogP contribution in [0.5, 0.6) is 0 Å². The molecule has 0 fully saturated rings. The lowest BCUT2D eigenvalue weighted by Gasteiger charge is -2.21. The number of anilines is 1. The highest BCUT2D eigenvalue weighted by atomic mass is 15.1. The van der Waals surface area contributed by atoms with Crippen molar-refractivity contribution in [1.82, 2.24) is 4.98 Å². The zero-order valence-electron chi connectivity index (χ0n) is 15.6. The van der Waals surface area contributed by atoms with E-state index in [1.54, 1.807) is 6.20 Å². The molecule has 0 atom stereocenters. The molecule has 4 heteroatoms. The van der Waals surface area contributed by atoms with Gasteiger partial charge in [0.05, 0.1) is 17.1 Å². The highest BCUT2D eigenvalue weighted by Gasteiger charge is 2.04. The van der Waals surface area contributed by atoms with E-state index < -0.39 is 0 Å². The summed E-state index contributed by atoms with van der Waals surface area (Å²) in [5.41, 5.74) is 6.11. The van der Waals surface area contributed by atoms with E-state index in [0.717, 1.165) is 41.3 Å². The number of pyridine rings is 1. The zero-order valence-corrected chi connectivity index (χ0v) is 15.6. The SMILES string of the molecule is CCN(CC)c1ccc(N=Nc2ccc(-c3ccccn3)cc2)c(C)c1. The second-order valence-electron chi connectivity index (χ2n) is 6.10. The van der Waals surface area contributed by atoms with Crippen LogP contribution >= 0.6 is 0 Å². The van der Waals surface area contributed by atoms with Crippen LogP contribution in [0.2, 0.25) is 0 Å². The maximum Gasteiger partial charge on any atom is 0.0887 e. The minimum Gasteiger partial charge on any atom is -0.372 e. The van der Waals surface area contributed by atoms with Gasteiger partial charge in [-0.3, -0.25) is 4.98 Å². The average Bonchev–Trinajstić information content (AvgIpc) is 2.69. The Bertz CT molecular complexity index is 866. The molecule has 0 spiro atoms. The van der Waals surface area contributed by atoms with E-state index >= 15 is 0 Å². The molecule has 3 rings (SSSR count). The van der Waals surface area contributed by atoms with E-state index in [4.69, 9.17) is 0 Å². The van der Waals surface area contributed by atoms with Gasteiger partial charge in [0.25, 0.3) is 0 Å². The Kier molecular flexibility index (Phi) is 5.74. The van der Waals surface area contributed by atoms with Gasteiger partial charge < -0.3 is 4.90 Å². The van der Waals surface area contributed by atoms with Crippen LogP contribution in [0.15, 0.2) is 77.1 Å². The second kappa shape index (κ2) is 8.39. The first-order valence-electron chi connectivity index (χ1n) is 9.00. The maximum atomic E-state index is 4.42. The summed E-state index contributed by atoms with van der Waals surface area (Å²) in [6, 6.07) is 20.2. The van der Waals surface area contributed by atoms with Gasteiger partial charge in [0, 0.05) is 30.5 Å².